The van der Waals surface area contributed by atoms with Gasteiger partial charge in [0.25, 0.3) is 0 Å². The monoisotopic (exact) mass is 338 g/mol. The van der Waals surface area contributed by atoms with E-state index in [2.05, 4.69) is 22.1 Å². The molecule has 1 aromatic heterocycles. The number of amides is 1. The molecular formula is C20H22N2O3. The van der Waals surface area contributed by atoms with Crippen molar-refractivity contribution in [2.75, 3.05) is 13.2 Å². The summed E-state index contributed by atoms with van der Waals surface area (Å²) in [7, 11) is 0. The Kier molecular flexibility index (Phi) is 6.41. The fourth-order valence-electron chi connectivity index (χ4n) is 1.88. The zero-order valence-electron chi connectivity index (χ0n) is 14.7. The third-order valence-corrected chi connectivity index (χ3v) is 2.90. The summed E-state index contributed by atoms with van der Waals surface area (Å²) in [5.41, 5.74) is 1.25. The predicted octanol–water partition coefficient (Wildman–Crippen LogP) is 3.38. The molecule has 0 saturated carbocycles. The van der Waals surface area contributed by atoms with E-state index in [9.17, 15) is 4.79 Å². The molecule has 0 fully saturated rings. The zero-order chi connectivity index (χ0) is 18.1. The Hall–Kier alpha value is -3.00. The number of carbonyl (C=O) groups excluding carboxylic acids is 1. The summed E-state index contributed by atoms with van der Waals surface area (Å²) in [6.45, 7) is 6.17. The van der Waals surface area contributed by atoms with Crippen molar-refractivity contribution in [1.29, 1.82) is 0 Å². The van der Waals surface area contributed by atoms with Gasteiger partial charge in [-0.05, 0) is 51.1 Å². The lowest BCUT2D eigenvalue weighted by atomic mass is 10.2. The highest BCUT2D eigenvalue weighted by Crippen LogP contribution is 2.12. The first-order valence-electron chi connectivity index (χ1n) is 8.04. The molecule has 1 heterocycles. The highest BCUT2D eigenvalue weighted by molar-refractivity contribution is 5.67. The number of aromatic nitrogens is 1. The van der Waals surface area contributed by atoms with E-state index in [1.54, 1.807) is 12.4 Å². The average molecular weight is 338 g/mol. The Bertz CT molecular complexity index is 756. The van der Waals surface area contributed by atoms with Crippen LogP contribution < -0.4 is 10.1 Å². The molecule has 0 unspecified atom stereocenters. The second kappa shape index (κ2) is 8.74. The average Bonchev–Trinajstić information content (AvgIpc) is 2.57. The van der Waals surface area contributed by atoms with E-state index >= 15 is 0 Å². The number of carbonyl (C=O) groups is 1. The molecule has 1 N–H and O–H groups in total. The second-order valence-corrected chi connectivity index (χ2v) is 6.29. The van der Waals surface area contributed by atoms with Crippen molar-refractivity contribution in [2.45, 2.75) is 26.4 Å². The smallest absolute Gasteiger partial charge is 0.407 e. The van der Waals surface area contributed by atoms with Crippen molar-refractivity contribution in [3.8, 4) is 17.6 Å². The maximum atomic E-state index is 11.5. The molecule has 1 amide bonds. The lowest BCUT2D eigenvalue weighted by Crippen LogP contribution is -2.34. The first kappa shape index (κ1) is 18.3. The van der Waals surface area contributed by atoms with Crippen LogP contribution in [0.3, 0.4) is 0 Å². The van der Waals surface area contributed by atoms with Gasteiger partial charge in [0.05, 0.1) is 6.54 Å². The summed E-state index contributed by atoms with van der Waals surface area (Å²) < 4.78 is 10.8. The summed E-state index contributed by atoms with van der Waals surface area (Å²) >= 11 is 0. The van der Waals surface area contributed by atoms with Crippen molar-refractivity contribution in [3.05, 3.63) is 59.9 Å². The lowest BCUT2D eigenvalue weighted by molar-refractivity contribution is 0.0520. The van der Waals surface area contributed by atoms with Gasteiger partial charge in [-0.2, -0.15) is 0 Å². The number of hydrogen-bond donors (Lipinski definition) is 1. The molecule has 0 bridgehead atoms. The van der Waals surface area contributed by atoms with E-state index in [1.165, 1.54) is 0 Å². The summed E-state index contributed by atoms with van der Waals surface area (Å²) in [4.78, 5) is 15.5. The van der Waals surface area contributed by atoms with Gasteiger partial charge < -0.3 is 14.8 Å². The number of benzene rings is 1. The van der Waals surface area contributed by atoms with Crippen molar-refractivity contribution >= 4 is 6.09 Å². The number of hydrogen-bond acceptors (Lipinski definition) is 4. The SMILES string of the molecule is CC(C)(C)OC(=O)NCCOc1cccc(C#Cc2ccncc2)c1. The minimum atomic E-state index is -0.507. The van der Waals surface area contributed by atoms with Gasteiger partial charge in [-0.1, -0.05) is 17.9 Å². The normalized spacial score (nSPS) is 10.4. The number of rotatable bonds is 4. The first-order chi connectivity index (χ1) is 11.9. The fraction of sp³-hybridized carbons (Fsp3) is 0.300. The van der Waals surface area contributed by atoms with Crippen LogP contribution in [0.2, 0.25) is 0 Å². The molecule has 0 saturated heterocycles. The lowest BCUT2D eigenvalue weighted by Gasteiger charge is -2.19. The zero-order valence-corrected chi connectivity index (χ0v) is 14.7. The predicted molar refractivity (Wildman–Crippen MR) is 96.4 cm³/mol. The maximum absolute atomic E-state index is 11.5. The van der Waals surface area contributed by atoms with Crippen molar-refractivity contribution < 1.29 is 14.3 Å². The Morgan fingerprint density at radius 2 is 1.84 bits per heavy atom. The largest absolute Gasteiger partial charge is 0.492 e. The van der Waals surface area contributed by atoms with Gasteiger partial charge in [0.1, 0.15) is 18.0 Å². The van der Waals surface area contributed by atoms with E-state index < -0.39 is 11.7 Å². The summed E-state index contributed by atoms with van der Waals surface area (Å²) in [6, 6.07) is 11.2. The van der Waals surface area contributed by atoms with Crippen LogP contribution in [0.5, 0.6) is 5.75 Å². The molecule has 1 aromatic carbocycles. The molecular weight excluding hydrogens is 316 g/mol. The van der Waals surface area contributed by atoms with Crippen LogP contribution >= 0.6 is 0 Å². The van der Waals surface area contributed by atoms with E-state index in [-0.39, 0.29) is 0 Å². The van der Waals surface area contributed by atoms with Crippen molar-refractivity contribution in [3.63, 3.8) is 0 Å². The quantitative estimate of drug-likeness (QED) is 0.686. The number of ether oxygens (including phenoxy) is 2. The molecule has 25 heavy (non-hydrogen) atoms. The van der Waals surface area contributed by atoms with Gasteiger partial charge >= 0.3 is 6.09 Å². The van der Waals surface area contributed by atoms with E-state index in [0.29, 0.717) is 18.9 Å². The summed E-state index contributed by atoms with van der Waals surface area (Å²) in [5, 5.41) is 2.65. The van der Waals surface area contributed by atoms with Crippen LogP contribution in [-0.2, 0) is 4.74 Å². The Morgan fingerprint density at radius 3 is 2.56 bits per heavy atom. The standard InChI is InChI=1S/C20H22N2O3/c1-20(2,3)25-19(23)22-13-14-24-18-6-4-5-17(15-18)8-7-16-9-11-21-12-10-16/h4-6,9-12,15H,13-14H2,1-3H3,(H,22,23). The van der Waals surface area contributed by atoms with E-state index in [4.69, 9.17) is 9.47 Å². The highest BCUT2D eigenvalue weighted by Gasteiger charge is 2.15. The van der Waals surface area contributed by atoms with Crippen molar-refractivity contribution in [1.82, 2.24) is 10.3 Å². The van der Waals surface area contributed by atoms with Gasteiger partial charge in [0, 0.05) is 23.5 Å². The van der Waals surface area contributed by atoms with Crippen LogP contribution in [0.15, 0.2) is 48.8 Å². The second-order valence-electron chi connectivity index (χ2n) is 6.29. The fourth-order valence-corrected chi connectivity index (χ4v) is 1.88. The van der Waals surface area contributed by atoms with Gasteiger partial charge in [-0.25, -0.2) is 4.79 Å². The minimum Gasteiger partial charge on any atom is -0.492 e. The van der Waals surface area contributed by atoms with Gasteiger partial charge in [-0.15, -0.1) is 0 Å². The first-order valence-corrected chi connectivity index (χ1v) is 8.04. The van der Waals surface area contributed by atoms with Gasteiger partial charge in [0.15, 0.2) is 0 Å². The minimum absolute atomic E-state index is 0.348. The molecule has 0 radical (unpaired) electrons. The Labute approximate surface area is 148 Å². The van der Waals surface area contributed by atoms with Crippen LogP contribution in [0.4, 0.5) is 4.79 Å². The maximum Gasteiger partial charge on any atom is 0.407 e. The van der Waals surface area contributed by atoms with E-state index in [1.807, 2.05) is 57.2 Å². The Morgan fingerprint density at radius 1 is 1.12 bits per heavy atom. The van der Waals surface area contributed by atoms with E-state index in [0.717, 1.165) is 11.1 Å². The molecule has 0 aliphatic carbocycles. The summed E-state index contributed by atoms with van der Waals surface area (Å²) in [6.07, 6.45) is 2.97. The third-order valence-electron chi connectivity index (χ3n) is 2.90. The third kappa shape index (κ3) is 7.40. The molecule has 0 aliphatic rings. The number of nitrogens with one attached hydrogen (secondary N) is 1. The molecule has 0 atom stereocenters. The molecule has 2 aromatic rings. The molecule has 5 nitrogen and oxygen atoms in total. The molecule has 5 heteroatoms. The molecule has 130 valence electrons. The van der Waals surface area contributed by atoms with Crippen LogP contribution in [0.1, 0.15) is 31.9 Å². The van der Waals surface area contributed by atoms with Crippen molar-refractivity contribution in [2.24, 2.45) is 0 Å². The van der Waals surface area contributed by atoms with Gasteiger partial charge in [0.2, 0.25) is 0 Å². The molecule has 0 spiro atoms. The van der Waals surface area contributed by atoms with Crippen LogP contribution in [0.25, 0.3) is 0 Å². The van der Waals surface area contributed by atoms with Crippen LogP contribution in [0, 0.1) is 11.8 Å². The molecule has 2 rings (SSSR count). The van der Waals surface area contributed by atoms with Crippen LogP contribution in [-0.4, -0.2) is 29.8 Å². The number of nitrogens with zero attached hydrogens (tertiary/aromatic N) is 1. The summed E-state index contributed by atoms with van der Waals surface area (Å²) in [5.74, 6) is 6.86. The highest BCUT2D eigenvalue weighted by atomic mass is 16.6. The molecule has 0 aliphatic heterocycles. The topological polar surface area (TPSA) is 60.5 Å². The Balaban J connectivity index is 1.82. The van der Waals surface area contributed by atoms with Gasteiger partial charge in [-0.3, -0.25) is 4.98 Å². The number of pyridine rings is 1. The number of alkyl carbamates (subject to hydrolysis) is 1.